The van der Waals surface area contributed by atoms with E-state index in [-0.39, 0.29) is 0 Å². The van der Waals surface area contributed by atoms with Crippen LogP contribution < -0.4 is 5.32 Å². The van der Waals surface area contributed by atoms with Crippen molar-refractivity contribution >= 4 is 12.4 Å². The number of alkyl carbamates (subject to hydrolysis) is 1. The molecule has 0 spiro atoms. The van der Waals surface area contributed by atoms with Gasteiger partial charge in [-0.1, -0.05) is 6.08 Å². The van der Waals surface area contributed by atoms with Gasteiger partial charge in [-0.3, -0.25) is 4.79 Å². The Morgan fingerprint density at radius 3 is 2.83 bits per heavy atom. The molecule has 0 aromatic carbocycles. The number of carbonyl (C=O) groups is 1. The summed E-state index contributed by atoms with van der Waals surface area (Å²) >= 11 is 0. The molecule has 1 N–H and O–H groups in total. The van der Waals surface area contributed by atoms with Crippen molar-refractivity contribution in [1.29, 1.82) is 0 Å². The Balaban J connectivity index is 2.44. The summed E-state index contributed by atoms with van der Waals surface area (Å²) < 4.78 is 10.4. The first-order chi connectivity index (χ1) is 8.40. The van der Waals surface area contributed by atoms with Gasteiger partial charge in [-0.15, -0.1) is 0 Å². The molecule has 18 heavy (non-hydrogen) atoms. The zero-order chi connectivity index (χ0) is 13.6. The van der Waals surface area contributed by atoms with E-state index < -0.39 is 17.7 Å². The summed E-state index contributed by atoms with van der Waals surface area (Å²) in [6.07, 6.45) is 4.50. The summed E-state index contributed by atoms with van der Waals surface area (Å²) in [5, 5.41) is 2.49. The largest absolute Gasteiger partial charge is 0.444 e. The van der Waals surface area contributed by atoms with E-state index in [4.69, 9.17) is 9.47 Å². The van der Waals surface area contributed by atoms with Crippen molar-refractivity contribution in [2.24, 2.45) is 0 Å². The molecule has 0 aromatic heterocycles. The van der Waals surface area contributed by atoms with Gasteiger partial charge in [-0.05, 0) is 39.2 Å². The molecule has 1 aliphatic heterocycles. The topological polar surface area (TPSA) is 64.6 Å². The lowest BCUT2D eigenvalue weighted by Gasteiger charge is -2.22. The summed E-state index contributed by atoms with van der Waals surface area (Å²) in [6, 6.07) is -0.687. The van der Waals surface area contributed by atoms with Crippen LogP contribution in [0, 0.1) is 0 Å². The Morgan fingerprint density at radius 2 is 2.33 bits per heavy atom. The molecule has 1 amide bonds. The fraction of sp³-hybridized carbons (Fsp3) is 0.692. The van der Waals surface area contributed by atoms with Gasteiger partial charge in [0, 0.05) is 0 Å². The number of carbonyl (C=O) groups excluding carboxylic acids is 2. The quantitative estimate of drug-likeness (QED) is 0.776. The van der Waals surface area contributed by atoms with Gasteiger partial charge in [0.1, 0.15) is 11.6 Å². The van der Waals surface area contributed by atoms with Crippen LogP contribution in [0.25, 0.3) is 0 Å². The summed E-state index contributed by atoms with van der Waals surface area (Å²) in [5.41, 5.74) is 0.427. The number of ether oxygens (including phenoxy) is 2. The van der Waals surface area contributed by atoms with Crippen molar-refractivity contribution in [3.63, 3.8) is 0 Å². The van der Waals surface area contributed by atoms with Crippen LogP contribution in [-0.2, 0) is 14.3 Å². The van der Waals surface area contributed by atoms with Gasteiger partial charge >= 0.3 is 6.09 Å². The summed E-state index contributed by atoms with van der Waals surface area (Å²) in [6.45, 7) is 6.52. The first kappa shape index (κ1) is 14.7. The second kappa shape index (κ2) is 6.54. The first-order valence-corrected chi connectivity index (χ1v) is 6.03. The van der Waals surface area contributed by atoms with Crippen LogP contribution in [0.4, 0.5) is 4.79 Å². The Kier molecular flexibility index (Phi) is 5.34. The fourth-order valence-corrected chi connectivity index (χ4v) is 1.58. The van der Waals surface area contributed by atoms with Gasteiger partial charge in [0.2, 0.25) is 6.29 Å². The molecule has 1 radical (unpaired) electrons. The molecule has 0 aromatic rings. The molecule has 1 unspecified atom stereocenters. The van der Waals surface area contributed by atoms with Crippen LogP contribution in [0.1, 0.15) is 33.6 Å². The van der Waals surface area contributed by atoms with Gasteiger partial charge in [0.25, 0.3) is 0 Å². The van der Waals surface area contributed by atoms with Crippen molar-refractivity contribution in [3.8, 4) is 0 Å². The van der Waals surface area contributed by atoms with E-state index in [2.05, 4.69) is 5.32 Å². The van der Waals surface area contributed by atoms with Crippen LogP contribution in [0.2, 0.25) is 0 Å². The standard InChI is InChI=1S/C13H20NO4/c1-13(2,3)18-12(16)14-11(8-15)7-10-5-4-6-17-9-10/h5,11H,4,6-7,9H2,1-3H3,(H,14,16). The molecule has 1 rings (SSSR count). The van der Waals surface area contributed by atoms with Gasteiger partial charge in [-0.2, -0.15) is 0 Å². The first-order valence-electron chi connectivity index (χ1n) is 6.03. The van der Waals surface area contributed by atoms with Crippen molar-refractivity contribution < 1.29 is 19.1 Å². The molecule has 5 nitrogen and oxygen atoms in total. The maximum absolute atomic E-state index is 11.5. The molecule has 5 heteroatoms. The van der Waals surface area contributed by atoms with Crippen LogP contribution in [0.15, 0.2) is 11.6 Å². The molecular formula is C13H20NO4. The average molecular weight is 254 g/mol. The second-order valence-electron chi connectivity index (χ2n) is 5.22. The third kappa shape index (κ3) is 5.82. The van der Waals surface area contributed by atoms with Gasteiger partial charge < -0.3 is 14.8 Å². The number of nitrogens with one attached hydrogen (secondary N) is 1. The Labute approximate surface area is 108 Å². The SMILES string of the molecule is CC(C)(C)OC(=O)NC([C]=O)CC1=CCCOC1. The van der Waals surface area contributed by atoms with E-state index in [9.17, 15) is 9.59 Å². The molecule has 101 valence electrons. The molecule has 0 saturated heterocycles. The predicted molar refractivity (Wildman–Crippen MR) is 67.0 cm³/mol. The lowest BCUT2D eigenvalue weighted by atomic mass is 10.1. The van der Waals surface area contributed by atoms with Gasteiger partial charge in [-0.25, -0.2) is 4.79 Å². The zero-order valence-electron chi connectivity index (χ0n) is 11.1. The summed E-state index contributed by atoms with van der Waals surface area (Å²) in [5.74, 6) is 0. The molecule has 0 fully saturated rings. The third-order valence-electron chi connectivity index (χ3n) is 2.28. The van der Waals surface area contributed by atoms with E-state index in [0.29, 0.717) is 19.6 Å². The fourth-order valence-electron chi connectivity index (χ4n) is 1.58. The Morgan fingerprint density at radius 1 is 1.61 bits per heavy atom. The van der Waals surface area contributed by atoms with E-state index in [1.165, 1.54) is 0 Å². The lowest BCUT2D eigenvalue weighted by molar-refractivity contribution is 0.0515. The maximum Gasteiger partial charge on any atom is 0.408 e. The lowest BCUT2D eigenvalue weighted by Crippen LogP contribution is -2.40. The Hall–Kier alpha value is -1.36. The minimum absolute atomic E-state index is 0.419. The van der Waals surface area contributed by atoms with Crippen LogP contribution in [-0.4, -0.2) is 37.2 Å². The molecular weight excluding hydrogens is 234 g/mol. The second-order valence-corrected chi connectivity index (χ2v) is 5.22. The van der Waals surface area contributed by atoms with Crippen LogP contribution in [0.3, 0.4) is 0 Å². The highest BCUT2D eigenvalue weighted by molar-refractivity contribution is 5.73. The average Bonchev–Trinajstić information content (AvgIpc) is 2.27. The number of rotatable bonds is 4. The minimum Gasteiger partial charge on any atom is -0.444 e. The monoisotopic (exact) mass is 254 g/mol. The van der Waals surface area contributed by atoms with Crippen molar-refractivity contribution in [1.82, 2.24) is 5.32 Å². The smallest absolute Gasteiger partial charge is 0.408 e. The third-order valence-corrected chi connectivity index (χ3v) is 2.28. The normalized spacial score (nSPS) is 17.6. The summed E-state index contributed by atoms with van der Waals surface area (Å²) in [4.78, 5) is 22.3. The molecule has 1 heterocycles. The highest BCUT2D eigenvalue weighted by Gasteiger charge is 2.20. The molecule has 0 saturated carbocycles. The maximum atomic E-state index is 11.5. The van der Waals surface area contributed by atoms with E-state index >= 15 is 0 Å². The van der Waals surface area contributed by atoms with Crippen molar-refractivity contribution in [2.75, 3.05) is 13.2 Å². The number of hydrogen-bond donors (Lipinski definition) is 1. The molecule has 1 atom stereocenters. The molecule has 1 aliphatic rings. The molecule has 0 aliphatic carbocycles. The van der Waals surface area contributed by atoms with Crippen molar-refractivity contribution in [3.05, 3.63) is 11.6 Å². The predicted octanol–water partition coefficient (Wildman–Crippen LogP) is 1.73. The highest BCUT2D eigenvalue weighted by Crippen LogP contribution is 2.12. The van der Waals surface area contributed by atoms with Gasteiger partial charge in [0.15, 0.2) is 0 Å². The van der Waals surface area contributed by atoms with E-state index in [1.807, 2.05) is 12.4 Å². The number of amides is 1. The van der Waals surface area contributed by atoms with E-state index in [0.717, 1.165) is 12.0 Å². The minimum atomic E-state index is -0.687. The zero-order valence-corrected chi connectivity index (χ0v) is 11.1. The van der Waals surface area contributed by atoms with Gasteiger partial charge in [0.05, 0.1) is 13.2 Å². The van der Waals surface area contributed by atoms with Crippen LogP contribution in [0.5, 0.6) is 0 Å². The summed E-state index contributed by atoms with van der Waals surface area (Å²) in [7, 11) is 0. The van der Waals surface area contributed by atoms with Crippen molar-refractivity contribution in [2.45, 2.75) is 45.3 Å². The Bertz CT molecular complexity index is 330. The molecule has 0 bridgehead atoms. The van der Waals surface area contributed by atoms with E-state index in [1.54, 1.807) is 20.8 Å². The highest BCUT2D eigenvalue weighted by atomic mass is 16.6. The number of hydrogen-bond acceptors (Lipinski definition) is 4. The van der Waals surface area contributed by atoms with Crippen LogP contribution >= 0.6 is 0 Å².